The highest BCUT2D eigenvalue weighted by atomic mass is 35.5. The number of anilines is 1. The number of carbonyl (C=O) groups is 6. The summed E-state index contributed by atoms with van der Waals surface area (Å²) < 4.78 is 26.1. The zero-order valence-corrected chi connectivity index (χ0v) is 28.9. The first-order valence-electron chi connectivity index (χ1n) is 14.8. The molecule has 2 atom stereocenters. The van der Waals surface area contributed by atoms with Crippen molar-refractivity contribution in [1.82, 2.24) is 10.9 Å². The van der Waals surface area contributed by atoms with E-state index in [1.165, 1.54) is 106 Å². The number of hydrazine groups is 1. The molecule has 0 saturated carbocycles. The van der Waals surface area contributed by atoms with Gasteiger partial charge in [-0.15, -0.1) is 0 Å². The zero-order valence-electron chi connectivity index (χ0n) is 27.4. The highest BCUT2D eigenvalue weighted by molar-refractivity contribution is 6.34. The Morgan fingerprint density at radius 3 is 1.58 bits per heavy atom. The maximum absolute atomic E-state index is 13.3. The third-order valence-electron chi connectivity index (χ3n) is 7.06. The summed E-state index contributed by atoms with van der Waals surface area (Å²) in [6.45, 7) is 0. The lowest BCUT2D eigenvalue weighted by atomic mass is 10.1. The summed E-state index contributed by atoms with van der Waals surface area (Å²) in [7, 11) is 4.23. The van der Waals surface area contributed by atoms with E-state index < -0.39 is 47.8 Å². The third-order valence-corrected chi connectivity index (χ3v) is 7.72. The molecular weight excluding hydrogens is 725 g/mol. The van der Waals surface area contributed by atoms with Crippen molar-refractivity contribution in [2.45, 2.75) is 12.2 Å². The summed E-state index contributed by atoms with van der Waals surface area (Å²) in [5, 5.41) is 12.4. The molecule has 270 valence electrons. The van der Waals surface area contributed by atoms with Crippen molar-refractivity contribution in [2.75, 3.05) is 26.6 Å². The Labute approximate surface area is 305 Å². The molecule has 17 heteroatoms. The van der Waals surface area contributed by atoms with Gasteiger partial charge in [0.1, 0.15) is 0 Å². The second kappa shape index (κ2) is 17.6. The van der Waals surface area contributed by atoms with Crippen LogP contribution in [-0.4, -0.2) is 74.3 Å². The fourth-order valence-electron chi connectivity index (χ4n) is 4.49. The smallest absolute Gasteiger partial charge is 0.349 e. The molecule has 0 aliphatic carbocycles. The van der Waals surface area contributed by atoms with Gasteiger partial charge in [-0.3, -0.25) is 25.2 Å². The highest BCUT2D eigenvalue weighted by Gasteiger charge is 2.41. The maximum atomic E-state index is 13.3. The Balaban J connectivity index is 1.49. The van der Waals surface area contributed by atoms with Gasteiger partial charge in [0.15, 0.2) is 11.5 Å². The number of nitrogens with one attached hydrogen (secondary N) is 3. The van der Waals surface area contributed by atoms with E-state index in [-0.39, 0.29) is 49.5 Å². The quantitative estimate of drug-likeness (QED) is 0.110. The standard InChI is InChI=1S/C35H29Cl2N3O12/c1-48-25-16-19(17-26(49-2)27(25)50-3)30(41)38-20-14-12-18(13-15-20)31(42)39-40-32(43)28(51-34(46)21-8-4-6-10-23(21)36)29(33(44)45)52-35(47)22-9-5-7-11-24(22)37/h4-17,28-29H,1-3H3,(H,38,41)(H,39,42)(H,40,43)(H,44,45)/t28-,29+/m1/s1. The molecule has 52 heavy (non-hydrogen) atoms. The molecule has 0 aromatic heterocycles. The minimum absolute atomic E-state index is 0.0179. The van der Waals surface area contributed by atoms with E-state index >= 15 is 0 Å². The average molecular weight is 755 g/mol. The molecule has 0 aliphatic rings. The Bertz CT molecular complexity index is 1980. The average Bonchev–Trinajstić information content (AvgIpc) is 3.14. The predicted octanol–water partition coefficient (Wildman–Crippen LogP) is 4.57. The van der Waals surface area contributed by atoms with Crippen molar-refractivity contribution in [3.05, 3.63) is 117 Å². The summed E-state index contributed by atoms with van der Waals surface area (Å²) in [5.41, 5.74) is 4.04. The number of hydrogen-bond donors (Lipinski definition) is 4. The van der Waals surface area contributed by atoms with Crippen LogP contribution in [-0.2, 0) is 19.1 Å². The molecule has 0 bridgehead atoms. The Morgan fingerprint density at radius 1 is 0.615 bits per heavy atom. The molecule has 15 nitrogen and oxygen atoms in total. The lowest BCUT2D eigenvalue weighted by molar-refractivity contribution is -0.159. The molecule has 0 heterocycles. The lowest BCUT2D eigenvalue weighted by Gasteiger charge is -2.24. The number of ether oxygens (including phenoxy) is 5. The summed E-state index contributed by atoms with van der Waals surface area (Å²) in [6.07, 6.45) is -4.76. The maximum Gasteiger partial charge on any atom is 0.349 e. The minimum atomic E-state index is -2.42. The van der Waals surface area contributed by atoms with Gasteiger partial charge in [-0.2, -0.15) is 0 Å². The number of benzene rings is 4. The number of aliphatic carboxylic acids is 1. The predicted molar refractivity (Wildman–Crippen MR) is 185 cm³/mol. The fourth-order valence-corrected chi connectivity index (χ4v) is 4.91. The number of carboxylic acids is 1. The van der Waals surface area contributed by atoms with Crippen LogP contribution in [0.15, 0.2) is 84.9 Å². The molecule has 0 saturated heterocycles. The Hall–Kier alpha value is -6.32. The van der Waals surface area contributed by atoms with Crippen LogP contribution in [0.2, 0.25) is 10.0 Å². The molecule has 0 spiro atoms. The van der Waals surface area contributed by atoms with Gasteiger partial charge < -0.3 is 34.1 Å². The van der Waals surface area contributed by atoms with Crippen molar-refractivity contribution in [3.63, 3.8) is 0 Å². The molecule has 4 N–H and O–H groups in total. The van der Waals surface area contributed by atoms with Crippen molar-refractivity contribution in [3.8, 4) is 17.2 Å². The van der Waals surface area contributed by atoms with Gasteiger partial charge in [0.05, 0.1) is 42.5 Å². The van der Waals surface area contributed by atoms with E-state index in [9.17, 15) is 33.9 Å². The van der Waals surface area contributed by atoms with E-state index in [4.69, 9.17) is 46.9 Å². The molecule has 4 rings (SSSR count). The van der Waals surface area contributed by atoms with Crippen molar-refractivity contribution in [2.24, 2.45) is 0 Å². The van der Waals surface area contributed by atoms with Gasteiger partial charge in [-0.05, 0) is 60.7 Å². The first-order valence-corrected chi connectivity index (χ1v) is 15.6. The molecule has 4 aromatic carbocycles. The zero-order chi connectivity index (χ0) is 37.9. The van der Waals surface area contributed by atoms with Crippen LogP contribution < -0.4 is 30.4 Å². The number of rotatable bonds is 13. The number of methoxy groups -OCH3 is 3. The number of carboxylic acid groups (broad SMARTS) is 1. The van der Waals surface area contributed by atoms with Crippen LogP contribution in [0.25, 0.3) is 0 Å². The van der Waals surface area contributed by atoms with E-state index in [1.807, 2.05) is 5.43 Å². The number of carbonyl (C=O) groups excluding carboxylic acids is 5. The van der Waals surface area contributed by atoms with Gasteiger partial charge in [-0.1, -0.05) is 47.5 Å². The number of hydrogen-bond acceptors (Lipinski definition) is 11. The van der Waals surface area contributed by atoms with Gasteiger partial charge >= 0.3 is 17.9 Å². The Kier molecular flexibility index (Phi) is 13.0. The molecule has 4 aromatic rings. The van der Waals surface area contributed by atoms with Crippen LogP contribution >= 0.6 is 23.2 Å². The van der Waals surface area contributed by atoms with Crippen molar-refractivity contribution >= 4 is 64.5 Å². The number of halogens is 2. The Morgan fingerprint density at radius 2 is 1.12 bits per heavy atom. The normalized spacial score (nSPS) is 11.6. The molecule has 0 unspecified atom stereocenters. The molecule has 0 fully saturated rings. The van der Waals surface area contributed by atoms with E-state index in [0.29, 0.717) is 5.75 Å². The van der Waals surface area contributed by atoms with Crippen molar-refractivity contribution < 1.29 is 57.6 Å². The second-order valence-electron chi connectivity index (χ2n) is 10.3. The molecular formula is C35H29Cl2N3O12. The van der Waals surface area contributed by atoms with Gasteiger partial charge in [0.2, 0.25) is 18.0 Å². The van der Waals surface area contributed by atoms with E-state index in [0.717, 1.165) is 0 Å². The van der Waals surface area contributed by atoms with Crippen LogP contribution in [0.3, 0.4) is 0 Å². The SMILES string of the molecule is COc1cc(C(=O)Nc2ccc(C(=O)NNC(=O)[C@H](OC(=O)c3ccccc3Cl)[C@H](OC(=O)c3ccccc3Cl)C(=O)O)cc2)cc(OC)c1OC. The molecule has 3 amide bonds. The van der Waals surface area contributed by atoms with Crippen LogP contribution in [0.1, 0.15) is 41.4 Å². The van der Waals surface area contributed by atoms with Gasteiger partial charge in [0, 0.05) is 16.8 Å². The van der Waals surface area contributed by atoms with Gasteiger partial charge in [-0.25, -0.2) is 14.4 Å². The van der Waals surface area contributed by atoms with Crippen LogP contribution in [0.4, 0.5) is 5.69 Å². The summed E-state index contributed by atoms with van der Waals surface area (Å²) in [6, 6.07) is 19.4. The summed E-state index contributed by atoms with van der Waals surface area (Å²) in [5.74, 6) is -6.36. The third kappa shape index (κ3) is 9.26. The first kappa shape index (κ1) is 38.5. The second-order valence-corrected chi connectivity index (χ2v) is 11.2. The first-order chi connectivity index (χ1) is 24.9. The monoisotopic (exact) mass is 753 g/mol. The van der Waals surface area contributed by atoms with Gasteiger partial charge in [0.25, 0.3) is 17.7 Å². The lowest BCUT2D eigenvalue weighted by Crippen LogP contribution is -2.54. The molecule has 0 radical (unpaired) electrons. The number of amides is 3. The summed E-state index contributed by atoms with van der Waals surface area (Å²) >= 11 is 12.1. The van der Waals surface area contributed by atoms with E-state index in [1.54, 1.807) is 0 Å². The highest BCUT2D eigenvalue weighted by Crippen LogP contribution is 2.38. The fraction of sp³-hybridized carbons (Fsp3) is 0.143. The number of esters is 2. The van der Waals surface area contributed by atoms with Crippen LogP contribution in [0.5, 0.6) is 17.2 Å². The van der Waals surface area contributed by atoms with Crippen LogP contribution in [0, 0.1) is 0 Å². The molecule has 0 aliphatic heterocycles. The van der Waals surface area contributed by atoms with E-state index in [2.05, 4.69) is 10.7 Å². The largest absolute Gasteiger partial charge is 0.493 e. The minimum Gasteiger partial charge on any atom is -0.493 e. The summed E-state index contributed by atoms with van der Waals surface area (Å²) in [4.78, 5) is 77.3. The van der Waals surface area contributed by atoms with Crippen molar-refractivity contribution in [1.29, 1.82) is 0 Å². The topological polar surface area (TPSA) is 205 Å².